The first-order chi connectivity index (χ1) is 5.95. The van der Waals surface area contributed by atoms with Crippen LogP contribution in [0.1, 0.15) is 36.1 Å². The van der Waals surface area contributed by atoms with E-state index in [0.717, 1.165) is 24.0 Å². The maximum Gasteiger partial charge on any atom is 0.427 e. The summed E-state index contributed by atoms with van der Waals surface area (Å²) >= 11 is 0.736. The van der Waals surface area contributed by atoms with Gasteiger partial charge < -0.3 is 0 Å². The van der Waals surface area contributed by atoms with Gasteiger partial charge in [-0.25, -0.2) is 4.98 Å². The summed E-state index contributed by atoms with van der Waals surface area (Å²) in [6.07, 6.45) is -2.53. The van der Waals surface area contributed by atoms with E-state index in [2.05, 4.69) is 4.98 Å². The number of hydrogen-bond donors (Lipinski definition) is 0. The Morgan fingerprint density at radius 3 is 2.54 bits per heavy atom. The molecule has 1 heterocycles. The molecule has 0 aromatic carbocycles. The van der Waals surface area contributed by atoms with Gasteiger partial charge in [-0.1, -0.05) is 13.8 Å². The second kappa shape index (κ2) is 3.65. The number of aromatic nitrogens is 1. The van der Waals surface area contributed by atoms with Gasteiger partial charge in [0, 0.05) is 5.92 Å². The molecule has 1 aromatic rings. The molecule has 0 N–H and O–H groups in total. The zero-order chi connectivity index (χ0) is 10.1. The molecule has 0 aliphatic heterocycles. The van der Waals surface area contributed by atoms with Crippen molar-refractivity contribution in [2.75, 3.05) is 0 Å². The molecule has 0 saturated carbocycles. The van der Waals surface area contributed by atoms with Crippen molar-refractivity contribution in [3.63, 3.8) is 0 Å². The molecule has 74 valence electrons. The maximum absolute atomic E-state index is 12.1. The van der Waals surface area contributed by atoms with Gasteiger partial charge in [0.25, 0.3) is 0 Å². The monoisotopic (exact) mass is 209 g/mol. The maximum atomic E-state index is 12.1. The number of thiazole rings is 1. The van der Waals surface area contributed by atoms with Crippen LogP contribution in [0.4, 0.5) is 13.2 Å². The van der Waals surface area contributed by atoms with Crippen LogP contribution in [0.3, 0.4) is 0 Å². The summed E-state index contributed by atoms with van der Waals surface area (Å²) in [5, 5.41) is 0.565. The molecule has 0 spiro atoms. The average Bonchev–Trinajstić information content (AvgIpc) is 2.50. The third-order valence-electron chi connectivity index (χ3n) is 1.84. The van der Waals surface area contributed by atoms with E-state index in [1.165, 1.54) is 0 Å². The van der Waals surface area contributed by atoms with E-state index in [-0.39, 0.29) is 5.92 Å². The molecule has 0 radical (unpaired) electrons. The summed E-state index contributed by atoms with van der Waals surface area (Å²) in [6.45, 7) is 3.80. The Hall–Kier alpha value is -0.580. The molecular weight excluding hydrogens is 199 g/mol. The predicted molar refractivity (Wildman–Crippen MR) is 45.8 cm³/mol. The van der Waals surface area contributed by atoms with Gasteiger partial charge in [0.1, 0.15) is 4.88 Å². The standard InChI is InChI=1S/C8H10F3NS/c1-3-5(2)7-12-4-6(13-7)8(9,10)11/h4-5H,3H2,1-2H3. The Kier molecular flexibility index (Phi) is 2.95. The van der Waals surface area contributed by atoms with E-state index in [1.807, 2.05) is 13.8 Å². The lowest BCUT2D eigenvalue weighted by molar-refractivity contribution is -0.134. The van der Waals surface area contributed by atoms with E-state index in [9.17, 15) is 13.2 Å². The lowest BCUT2D eigenvalue weighted by Crippen LogP contribution is -2.00. The highest BCUT2D eigenvalue weighted by Gasteiger charge is 2.33. The quantitative estimate of drug-likeness (QED) is 0.724. The molecule has 13 heavy (non-hydrogen) atoms. The largest absolute Gasteiger partial charge is 0.427 e. The first kappa shape index (κ1) is 10.5. The van der Waals surface area contributed by atoms with Crippen LogP contribution in [0.15, 0.2) is 6.20 Å². The first-order valence-electron chi connectivity index (χ1n) is 3.98. The van der Waals surface area contributed by atoms with Crippen molar-refractivity contribution in [2.24, 2.45) is 0 Å². The lowest BCUT2D eigenvalue weighted by Gasteiger charge is -2.02. The summed E-state index contributed by atoms with van der Waals surface area (Å²) in [5.74, 6) is 0.112. The number of halogens is 3. The van der Waals surface area contributed by atoms with E-state index >= 15 is 0 Å². The number of hydrogen-bond acceptors (Lipinski definition) is 2. The van der Waals surface area contributed by atoms with Crippen LogP contribution in [0.2, 0.25) is 0 Å². The number of alkyl halides is 3. The van der Waals surface area contributed by atoms with Gasteiger partial charge in [-0.2, -0.15) is 13.2 Å². The van der Waals surface area contributed by atoms with Gasteiger partial charge in [-0.05, 0) is 6.42 Å². The summed E-state index contributed by atoms with van der Waals surface area (Å²) in [5.41, 5.74) is 0. The van der Waals surface area contributed by atoms with Crippen molar-refractivity contribution < 1.29 is 13.2 Å². The molecule has 0 amide bonds. The van der Waals surface area contributed by atoms with Gasteiger partial charge >= 0.3 is 6.18 Å². The smallest absolute Gasteiger partial charge is 0.249 e. The van der Waals surface area contributed by atoms with Crippen LogP contribution in [0.5, 0.6) is 0 Å². The molecule has 1 unspecified atom stereocenters. The molecule has 0 aliphatic rings. The van der Waals surface area contributed by atoms with E-state index in [0.29, 0.717) is 5.01 Å². The minimum atomic E-state index is -4.25. The predicted octanol–water partition coefficient (Wildman–Crippen LogP) is 3.68. The topological polar surface area (TPSA) is 12.9 Å². The third kappa shape index (κ3) is 2.43. The van der Waals surface area contributed by atoms with E-state index in [4.69, 9.17) is 0 Å². The van der Waals surface area contributed by atoms with Gasteiger partial charge in [-0.3, -0.25) is 0 Å². The van der Waals surface area contributed by atoms with Crippen molar-refractivity contribution in [3.05, 3.63) is 16.1 Å². The average molecular weight is 209 g/mol. The highest BCUT2D eigenvalue weighted by molar-refractivity contribution is 7.11. The van der Waals surface area contributed by atoms with Crippen molar-refractivity contribution in [1.29, 1.82) is 0 Å². The molecule has 0 fully saturated rings. The highest BCUT2D eigenvalue weighted by atomic mass is 32.1. The molecule has 0 aliphatic carbocycles. The minimum absolute atomic E-state index is 0.112. The SMILES string of the molecule is CCC(C)c1ncc(C(F)(F)F)s1. The van der Waals surface area contributed by atoms with Gasteiger partial charge in [0.05, 0.1) is 11.2 Å². The van der Waals surface area contributed by atoms with E-state index < -0.39 is 11.1 Å². The molecule has 0 saturated heterocycles. The zero-order valence-corrected chi connectivity index (χ0v) is 8.17. The molecule has 0 bridgehead atoms. The number of nitrogens with zero attached hydrogens (tertiary/aromatic N) is 1. The summed E-state index contributed by atoms with van der Waals surface area (Å²) in [4.78, 5) is 3.14. The van der Waals surface area contributed by atoms with Crippen molar-refractivity contribution in [1.82, 2.24) is 4.98 Å². The fourth-order valence-corrected chi connectivity index (χ4v) is 1.74. The minimum Gasteiger partial charge on any atom is -0.249 e. The fraction of sp³-hybridized carbons (Fsp3) is 0.625. The van der Waals surface area contributed by atoms with Crippen LogP contribution in [-0.2, 0) is 6.18 Å². The second-order valence-corrected chi connectivity index (χ2v) is 3.93. The van der Waals surface area contributed by atoms with Crippen LogP contribution < -0.4 is 0 Å². The Morgan fingerprint density at radius 2 is 2.15 bits per heavy atom. The van der Waals surface area contributed by atoms with Gasteiger partial charge in [0.2, 0.25) is 0 Å². The van der Waals surface area contributed by atoms with Crippen molar-refractivity contribution in [2.45, 2.75) is 32.4 Å². The van der Waals surface area contributed by atoms with Crippen LogP contribution >= 0.6 is 11.3 Å². The highest BCUT2D eigenvalue weighted by Crippen LogP contribution is 2.35. The molecule has 1 rings (SSSR count). The normalized spacial score (nSPS) is 14.5. The summed E-state index contributed by atoms with van der Waals surface area (Å²) in [6, 6.07) is 0. The van der Waals surface area contributed by atoms with Gasteiger partial charge in [0.15, 0.2) is 0 Å². The molecule has 1 nitrogen and oxygen atoms in total. The number of rotatable bonds is 2. The van der Waals surface area contributed by atoms with Gasteiger partial charge in [-0.15, -0.1) is 11.3 Å². The summed E-state index contributed by atoms with van der Waals surface area (Å²) in [7, 11) is 0. The van der Waals surface area contributed by atoms with Crippen LogP contribution in [0, 0.1) is 0 Å². The first-order valence-corrected chi connectivity index (χ1v) is 4.79. The molecule has 1 aromatic heterocycles. The molecule has 5 heteroatoms. The Morgan fingerprint density at radius 1 is 1.54 bits per heavy atom. The molecular formula is C8H10F3NS. The molecule has 1 atom stereocenters. The third-order valence-corrected chi connectivity index (χ3v) is 3.11. The Labute approximate surface area is 78.6 Å². The van der Waals surface area contributed by atoms with Crippen molar-refractivity contribution >= 4 is 11.3 Å². The Bertz CT molecular complexity index is 279. The van der Waals surface area contributed by atoms with Crippen molar-refractivity contribution in [3.8, 4) is 0 Å². The van der Waals surface area contributed by atoms with E-state index in [1.54, 1.807) is 0 Å². The Balaban J connectivity index is 2.87. The second-order valence-electron chi connectivity index (χ2n) is 2.87. The zero-order valence-electron chi connectivity index (χ0n) is 7.35. The van der Waals surface area contributed by atoms with Crippen LogP contribution in [0.25, 0.3) is 0 Å². The fourth-order valence-electron chi connectivity index (χ4n) is 0.821. The lowest BCUT2D eigenvalue weighted by atomic mass is 10.1. The van der Waals surface area contributed by atoms with Crippen LogP contribution in [-0.4, -0.2) is 4.98 Å². The summed E-state index contributed by atoms with van der Waals surface area (Å²) < 4.78 is 36.4.